The van der Waals surface area contributed by atoms with Gasteiger partial charge in [-0.15, -0.1) is 0 Å². The SMILES string of the molecule is CCCCCCCOCC(O)COc1c2ccccc2c(OCC(O)COCCCCCCC)c2cc(Cl)ccc12. The van der Waals surface area contributed by atoms with Gasteiger partial charge in [-0.3, -0.25) is 0 Å². The molecule has 0 spiro atoms. The summed E-state index contributed by atoms with van der Waals surface area (Å²) in [6, 6.07) is 13.4. The Morgan fingerprint density at radius 3 is 1.56 bits per heavy atom. The first-order valence-electron chi connectivity index (χ1n) is 15.5. The van der Waals surface area contributed by atoms with Crippen LogP contribution in [0, 0.1) is 0 Å². The molecule has 3 aromatic carbocycles. The minimum Gasteiger partial charge on any atom is -0.489 e. The molecule has 0 saturated heterocycles. The molecule has 0 saturated carbocycles. The minimum atomic E-state index is -0.753. The Morgan fingerprint density at radius 1 is 0.585 bits per heavy atom. The maximum Gasteiger partial charge on any atom is 0.135 e. The van der Waals surface area contributed by atoms with Crippen molar-refractivity contribution in [1.82, 2.24) is 0 Å². The molecule has 228 valence electrons. The van der Waals surface area contributed by atoms with Gasteiger partial charge in [0.2, 0.25) is 0 Å². The molecule has 3 rings (SSSR count). The van der Waals surface area contributed by atoms with Gasteiger partial charge in [-0.2, -0.15) is 0 Å². The Bertz CT molecular complexity index is 1150. The first-order chi connectivity index (χ1) is 20.0. The molecule has 6 nitrogen and oxygen atoms in total. The van der Waals surface area contributed by atoms with Gasteiger partial charge in [0.05, 0.1) is 13.2 Å². The summed E-state index contributed by atoms with van der Waals surface area (Å²) in [4.78, 5) is 0. The Hall–Kier alpha value is -2.09. The molecule has 41 heavy (non-hydrogen) atoms. The summed E-state index contributed by atoms with van der Waals surface area (Å²) in [7, 11) is 0. The number of benzene rings is 3. The lowest BCUT2D eigenvalue weighted by molar-refractivity contribution is 0.0111. The van der Waals surface area contributed by atoms with E-state index in [1.165, 1.54) is 38.5 Å². The van der Waals surface area contributed by atoms with Crippen molar-refractivity contribution in [1.29, 1.82) is 0 Å². The van der Waals surface area contributed by atoms with E-state index in [1.54, 1.807) is 0 Å². The molecule has 0 heterocycles. The molecule has 0 aliphatic carbocycles. The summed E-state index contributed by atoms with van der Waals surface area (Å²) in [5, 5.41) is 25.0. The van der Waals surface area contributed by atoms with Crippen LogP contribution >= 0.6 is 11.6 Å². The van der Waals surface area contributed by atoms with Crippen LogP contribution in [0.2, 0.25) is 5.02 Å². The number of hydrogen-bond donors (Lipinski definition) is 2. The number of rotatable bonds is 22. The molecule has 0 aliphatic rings. The summed E-state index contributed by atoms with van der Waals surface area (Å²) >= 11 is 6.40. The van der Waals surface area contributed by atoms with Crippen molar-refractivity contribution in [2.45, 2.75) is 90.3 Å². The van der Waals surface area contributed by atoms with Crippen molar-refractivity contribution in [2.24, 2.45) is 0 Å². The fourth-order valence-electron chi connectivity index (χ4n) is 4.89. The largest absolute Gasteiger partial charge is 0.489 e. The van der Waals surface area contributed by atoms with Crippen LogP contribution in [-0.2, 0) is 9.47 Å². The Kier molecular flexibility index (Phi) is 15.6. The summed E-state index contributed by atoms with van der Waals surface area (Å²) in [6.07, 6.45) is 10.2. The number of hydrogen-bond acceptors (Lipinski definition) is 6. The maximum absolute atomic E-state index is 10.6. The third-order valence-electron chi connectivity index (χ3n) is 7.13. The third-order valence-corrected chi connectivity index (χ3v) is 7.37. The second-order valence-electron chi connectivity index (χ2n) is 10.8. The van der Waals surface area contributed by atoms with Crippen LogP contribution in [0.4, 0.5) is 0 Å². The van der Waals surface area contributed by atoms with Crippen LogP contribution in [0.5, 0.6) is 11.5 Å². The second kappa shape index (κ2) is 19.2. The van der Waals surface area contributed by atoms with Gasteiger partial charge in [-0.25, -0.2) is 0 Å². The summed E-state index contributed by atoms with van der Waals surface area (Å²) in [5.41, 5.74) is 0. The average molecular weight is 589 g/mol. The Morgan fingerprint density at radius 2 is 1.05 bits per heavy atom. The number of aliphatic hydroxyl groups excluding tert-OH is 2. The van der Waals surface area contributed by atoms with E-state index in [0.717, 1.165) is 47.2 Å². The van der Waals surface area contributed by atoms with E-state index >= 15 is 0 Å². The second-order valence-corrected chi connectivity index (χ2v) is 11.2. The van der Waals surface area contributed by atoms with Gasteiger partial charge >= 0.3 is 0 Å². The molecule has 2 atom stereocenters. The lowest BCUT2D eigenvalue weighted by Crippen LogP contribution is -2.24. The van der Waals surface area contributed by atoms with Crippen molar-refractivity contribution in [2.75, 3.05) is 39.6 Å². The number of halogens is 1. The third kappa shape index (κ3) is 11.3. The molecule has 2 N–H and O–H groups in total. The van der Waals surface area contributed by atoms with Gasteiger partial charge in [-0.1, -0.05) is 101 Å². The number of ether oxygens (including phenoxy) is 4. The molecule has 3 aromatic rings. The van der Waals surface area contributed by atoms with Crippen molar-refractivity contribution in [3.05, 3.63) is 47.5 Å². The summed E-state index contributed by atoms with van der Waals surface area (Å²) in [6.45, 7) is 6.35. The van der Waals surface area contributed by atoms with Gasteiger partial charge < -0.3 is 29.2 Å². The minimum absolute atomic E-state index is 0.0934. The van der Waals surface area contributed by atoms with E-state index in [1.807, 2.05) is 42.5 Å². The smallest absolute Gasteiger partial charge is 0.135 e. The number of aliphatic hydroxyl groups is 2. The highest BCUT2D eigenvalue weighted by atomic mass is 35.5. The molecular weight excluding hydrogens is 540 g/mol. The van der Waals surface area contributed by atoms with Crippen molar-refractivity contribution in [3.63, 3.8) is 0 Å². The quantitative estimate of drug-likeness (QED) is 0.0912. The highest BCUT2D eigenvalue weighted by Crippen LogP contribution is 2.43. The van der Waals surface area contributed by atoms with E-state index < -0.39 is 12.2 Å². The zero-order valence-corrected chi connectivity index (χ0v) is 25.7. The zero-order valence-electron chi connectivity index (χ0n) is 24.9. The van der Waals surface area contributed by atoms with Crippen LogP contribution in [0.3, 0.4) is 0 Å². The average Bonchev–Trinajstić information content (AvgIpc) is 2.97. The Balaban J connectivity index is 1.64. The number of fused-ring (bicyclic) bond motifs is 2. The molecule has 2 unspecified atom stereocenters. The molecular formula is C34H49ClO6. The molecule has 0 amide bonds. The molecule has 0 aromatic heterocycles. The molecule has 0 fully saturated rings. The van der Waals surface area contributed by atoms with Crippen LogP contribution in [0.15, 0.2) is 42.5 Å². The van der Waals surface area contributed by atoms with Gasteiger partial charge in [0, 0.05) is 39.8 Å². The van der Waals surface area contributed by atoms with E-state index in [-0.39, 0.29) is 26.4 Å². The lowest BCUT2D eigenvalue weighted by Gasteiger charge is -2.20. The van der Waals surface area contributed by atoms with Crippen molar-refractivity contribution in [3.8, 4) is 11.5 Å². The van der Waals surface area contributed by atoms with Crippen molar-refractivity contribution < 1.29 is 29.2 Å². The van der Waals surface area contributed by atoms with Crippen LogP contribution in [0.1, 0.15) is 78.1 Å². The fraction of sp³-hybridized carbons (Fsp3) is 0.588. The van der Waals surface area contributed by atoms with E-state index in [4.69, 9.17) is 30.5 Å². The molecule has 7 heteroatoms. The van der Waals surface area contributed by atoms with E-state index in [2.05, 4.69) is 13.8 Å². The summed E-state index contributed by atoms with van der Waals surface area (Å²) in [5.74, 6) is 1.29. The van der Waals surface area contributed by atoms with E-state index in [9.17, 15) is 10.2 Å². The molecule has 0 bridgehead atoms. The highest BCUT2D eigenvalue weighted by Gasteiger charge is 2.19. The first kappa shape index (κ1) is 33.4. The number of unbranched alkanes of at least 4 members (excludes halogenated alkanes) is 8. The summed E-state index contributed by atoms with van der Waals surface area (Å²) < 4.78 is 23.8. The normalized spacial score (nSPS) is 13.1. The monoisotopic (exact) mass is 588 g/mol. The Labute approximate surface area is 250 Å². The zero-order chi connectivity index (χ0) is 29.3. The predicted octanol–water partition coefficient (Wildman–Crippen LogP) is 8.10. The van der Waals surface area contributed by atoms with Crippen LogP contribution < -0.4 is 9.47 Å². The predicted molar refractivity (Wildman–Crippen MR) is 169 cm³/mol. The molecule has 0 radical (unpaired) electrons. The fourth-order valence-corrected chi connectivity index (χ4v) is 5.06. The maximum atomic E-state index is 10.6. The van der Waals surface area contributed by atoms with Gasteiger partial charge in [-0.05, 0) is 31.0 Å². The lowest BCUT2D eigenvalue weighted by atomic mass is 10.0. The van der Waals surface area contributed by atoms with Gasteiger partial charge in [0.15, 0.2) is 0 Å². The van der Waals surface area contributed by atoms with Gasteiger partial charge in [0.1, 0.15) is 36.9 Å². The van der Waals surface area contributed by atoms with Crippen molar-refractivity contribution >= 4 is 33.1 Å². The topological polar surface area (TPSA) is 77.4 Å². The standard InChI is InChI=1S/C34H49ClO6/c1-3-5-7-9-13-19-38-22-27(36)24-40-33-29-15-11-12-16-30(29)34(32-21-26(35)17-18-31(32)33)41-25-28(37)23-39-20-14-10-8-6-4-2/h11-12,15-18,21,27-28,36-37H,3-10,13-14,19-20,22-25H2,1-2H3. The van der Waals surface area contributed by atoms with E-state index in [0.29, 0.717) is 29.7 Å². The van der Waals surface area contributed by atoms with Crippen LogP contribution in [0.25, 0.3) is 21.5 Å². The van der Waals surface area contributed by atoms with Gasteiger partial charge in [0.25, 0.3) is 0 Å². The van der Waals surface area contributed by atoms with Crippen LogP contribution in [-0.4, -0.2) is 62.1 Å². The molecule has 0 aliphatic heterocycles. The highest BCUT2D eigenvalue weighted by molar-refractivity contribution is 6.31. The first-order valence-corrected chi connectivity index (χ1v) is 15.8.